The Hall–Kier alpha value is -4.60. The number of anilines is 1. The lowest BCUT2D eigenvalue weighted by molar-refractivity contribution is -0.384. The lowest BCUT2D eigenvalue weighted by Crippen LogP contribution is -2.52. The number of carbonyl (C=O) groups is 2. The van der Waals surface area contributed by atoms with E-state index in [0.717, 1.165) is 28.7 Å². The highest BCUT2D eigenvalue weighted by molar-refractivity contribution is 5.98. The van der Waals surface area contributed by atoms with Crippen LogP contribution in [0.2, 0.25) is 0 Å². The highest BCUT2D eigenvalue weighted by Crippen LogP contribution is 2.42. The van der Waals surface area contributed by atoms with Crippen LogP contribution in [-0.2, 0) is 4.79 Å². The summed E-state index contributed by atoms with van der Waals surface area (Å²) in [4.78, 5) is 39.5. The van der Waals surface area contributed by atoms with Crippen molar-refractivity contribution >= 4 is 28.9 Å². The topological polar surface area (TPSA) is 104 Å². The number of rotatable bonds is 7. The van der Waals surface area contributed by atoms with Gasteiger partial charge in [0.1, 0.15) is 17.7 Å². The Balaban J connectivity index is 1.54. The molecular weight excluding hydrogens is 496 g/mol. The molecular formula is C28H23F2N3O5. The van der Waals surface area contributed by atoms with Gasteiger partial charge in [-0.3, -0.25) is 19.8 Å². The van der Waals surface area contributed by atoms with Crippen molar-refractivity contribution < 1.29 is 28.4 Å². The molecule has 38 heavy (non-hydrogen) atoms. The molecule has 8 nitrogen and oxygen atoms in total. The van der Waals surface area contributed by atoms with Gasteiger partial charge < -0.3 is 10.0 Å². The van der Waals surface area contributed by atoms with Crippen molar-refractivity contribution in [3.63, 3.8) is 0 Å². The van der Waals surface area contributed by atoms with Crippen LogP contribution in [0.15, 0.2) is 78.9 Å². The van der Waals surface area contributed by atoms with E-state index >= 15 is 0 Å². The van der Waals surface area contributed by atoms with E-state index in [1.165, 1.54) is 29.2 Å². The Kier molecular flexibility index (Phi) is 6.62. The van der Waals surface area contributed by atoms with Gasteiger partial charge in [-0.1, -0.05) is 36.4 Å². The average Bonchev–Trinajstić information content (AvgIpc) is 3.65. The molecule has 2 atom stereocenters. The predicted molar refractivity (Wildman–Crippen MR) is 135 cm³/mol. The number of carboxylic acid groups (broad SMARTS) is 1. The number of carbonyl (C=O) groups excluding carboxylic acids is 1. The molecule has 1 aliphatic heterocycles. The van der Waals surface area contributed by atoms with Gasteiger partial charge in [0.15, 0.2) is 0 Å². The lowest BCUT2D eigenvalue weighted by Gasteiger charge is -2.34. The number of hydrogen-bond donors (Lipinski definition) is 1. The second-order valence-electron chi connectivity index (χ2n) is 9.35. The summed E-state index contributed by atoms with van der Waals surface area (Å²) < 4.78 is 28.7. The first-order valence-electron chi connectivity index (χ1n) is 12.0. The largest absolute Gasteiger partial charge is 0.465 e. The number of nitro groups is 1. The van der Waals surface area contributed by atoms with Crippen molar-refractivity contribution in [2.75, 3.05) is 11.4 Å². The van der Waals surface area contributed by atoms with E-state index in [1.54, 1.807) is 18.2 Å². The van der Waals surface area contributed by atoms with Crippen LogP contribution in [0.1, 0.15) is 30.0 Å². The third-order valence-electron chi connectivity index (χ3n) is 6.88. The van der Waals surface area contributed by atoms with E-state index in [0.29, 0.717) is 18.4 Å². The summed E-state index contributed by atoms with van der Waals surface area (Å²) >= 11 is 0. The molecule has 194 valence electrons. The molecule has 0 saturated heterocycles. The zero-order chi connectivity index (χ0) is 27.0. The second kappa shape index (κ2) is 10.0. The van der Waals surface area contributed by atoms with Crippen molar-refractivity contribution in [1.82, 2.24) is 4.90 Å². The summed E-state index contributed by atoms with van der Waals surface area (Å²) in [5, 5.41) is 21.2. The smallest absolute Gasteiger partial charge is 0.412 e. The van der Waals surface area contributed by atoms with Crippen LogP contribution in [0.5, 0.6) is 0 Å². The van der Waals surface area contributed by atoms with E-state index < -0.39 is 40.6 Å². The van der Waals surface area contributed by atoms with Crippen LogP contribution >= 0.6 is 0 Å². The number of amides is 2. The first-order valence-corrected chi connectivity index (χ1v) is 12.0. The number of non-ortho nitro benzene ring substituents is 1. The fraction of sp³-hybridized carbons (Fsp3) is 0.214. The molecule has 1 N–H and O–H groups in total. The van der Waals surface area contributed by atoms with Gasteiger partial charge in [0.05, 0.1) is 11.0 Å². The summed E-state index contributed by atoms with van der Waals surface area (Å²) in [6, 6.07) is 15.4. The van der Waals surface area contributed by atoms with Crippen molar-refractivity contribution in [2.24, 2.45) is 5.92 Å². The summed E-state index contributed by atoms with van der Waals surface area (Å²) in [6.45, 7) is -0.0459. The molecule has 1 aliphatic carbocycles. The van der Waals surface area contributed by atoms with E-state index in [4.69, 9.17) is 0 Å². The van der Waals surface area contributed by atoms with Gasteiger partial charge in [0.25, 0.3) is 5.69 Å². The Morgan fingerprint density at radius 3 is 2.32 bits per heavy atom. The molecule has 1 saturated carbocycles. The van der Waals surface area contributed by atoms with Gasteiger partial charge in [-0.2, -0.15) is 0 Å². The van der Waals surface area contributed by atoms with Crippen LogP contribution in [0, 0.1) is 27.7 Å². The first kappa shape index (κ1) is 25.1. The zero-order valence-corrected chi connectivity index (χ0v) is 20.0. The summed E-state index contributed by atoms with van der Waals surface area (Å²) in [5.74, 6) is -1.98. The minimum absolute atomic E-state index is 0.0367. The molecule has 10 heteroatoms. The second-order valence-corrected chi connectivity index (χ2v) is 9.35. The van der Waals surface area contributed by atoms with Gasteiger partial charge in [0, 0.05) is 29.9 Å². The molecule has 5 rings (SSSR count). The average molecular weight is 520 g/mol. The quantitative estimate of drug-likeness (QED) is 0.314. The number of hydrogen-bond acceptors (Lipinski definition) is 4. The van der Waals surface area contributed by atoms with Gasteiger partial charge in [0.2, 0.25) is 5.91 Å². The molecule has 0 radical (unpaired) electrons. The molecule has 0 aromatic heterocycles. The highest BCUT2D eigenvalue weighted by Gasteiger charge is 2.47. The van der Waals surface area contributed by atoms with Crippen LogP contribution in [0.3, 0.4) is 0 Å². The molecule has 3 aromatic carbocycles. The summed E-state index contributed by atoms with van der Waals surface area (Å²) in [5.41, 5.74) is 1.11. The fourth-order valence-corrected chi connectivity index (χ4v) is 4.90. The van der Waals surface area contributed by atoms with Crippen molar-refractivity contribution in [3.8, 4) is 0 Å². The lowest BCUT2D eigenvalue weighted by atomic mass is 10.0. The molecule has 2 amide bonds. The van der Waals surface area contributed by atoms with Crippen LogP contribution in [0.4, 0.5) is 25.0 Å². The van der Waals surface area contributed by atoms with Gasteiger partial charge in [-0.15, -0.1) is 0 Å². The monoisotopic (exact) mass is 519 g/mol. The maximum atomic E-state index is 14.7. The van der Waals surface area contributed by atoms with Gasteiger partial charge in [-0.05, 0) is 60.2 Å². The zero-order valence-electron chi connectivity index (χ0n) is 20.0. The normalized spacial score (nSPS) is 17.6. The molecule has 1 fully saturated rings. The highest BCUT2D eigenvalue weighted by atomic mass is 19.1. The Morgan fingerprint density at radius 1 is 1.03 bits per heavy atom. The predicted octanol–water partition coefficient (Wildman–Crippen LogP) is 5.80. The van der Waals surface area contributed by atoms with Gasteiger partial charge in [-0.25, -0.2) is 13.6 Å². The number of halogens is 2. The third-order valence-corrected chi connectivity index (χ3v) is 6.88. The van der Waals surface area contributed by atoms with Crippen molar-refractivity contribution in [2.45, 2.75) is 24.9 Å². The minimum atomic E-state index is -1.37. The van der Waals surface area contributed by atoms with E-state index in [9.17, 15) is 33.6 Å². The Morgan fingerprint density at radius 2 is 1.71 bits per heavy atom. The number of nitro benzene ring substituents is 1. The Labute approximate surface area is 216 Å². The first-order chi connectivity index (χ1) is 18.2. The molecule has 0 spiro atoms. The van der Waals surface area contributed by atoms with Crippen LogP contribution in [0.25, 0.3) is 5.57 Å². The van der Waals surface area contributed by atoms with E-state index in [2.05, 4.69) is 0 Å². The maximum absolute atomic E-state index is 14.7. The minimum Gasteiger partial charge on any atom is -0.465 e. The number of nitrogens with zero attached hydrogens (tertiary/aromatic N) is 3. The van der Waals surface area contributed by atoms with E-state index in [-0.39, 0.29) is 29.4 Å². The summed E-state index contributed by atoms with van der Waals surface area (Å²) in [6.07, 6.45) is 1.60. The van der Waals surface area contributed by atoms with Crippen LogP contribution in [-0.4, -0.2) is 39.5 Å². The number of benzene rings is 3. The van der Waals surface area contributed by atoms with Crippen molar-refractivity contribution in [1.29, 1.82) is 0 Å². The molecule has 2 aliphatic rings. The third kappa shape index (κ3) is 4.84. The van der Waals surface area contributed by atoms with Crippen LogP contribution < -0.4 is 4.90 Å². The summed E-state index contributed by atoms with van der Waals surface area (Å²) in [7, 11) is 0. The van der Waals surface area contributed by atoms with Gasteiger partial charge >= 0.3 is 6.09 Å². The Bertz CT molecular complexity index is 1420. The molecule has 0 unspecified atom stereocenters. The molecule has 3 aromatic rings. The maximum Gasteiger partial charge on any atom is 0.412 e. The SMILES string of the molecule is O=C([C@H](C1CC1)N(C(=O)O)c1ccc([N+](=O)[O-])cc1)N1CC(c2cc(F)ccc2F)=C[C@H]1c1ccccc1. The fourth-order valence-electron chi connectivity index (χ4n) is 4.90. The standard InChI is InChI=1S/C28H23F2N3O5/c29-20-8-13-24(30)23(15-20)19-14-25(17-4-2-1-3-5-17)31(16-19)27(34)26(18-6-7-18)32(28(35)36)21-9-11-22(12-10-21)33(37)38/h1-5,8-15,18,25-26H,6-7,16H2,(H,35,36)/t25-,26-/m0/s1. The molecule has 0 bridgehead atoms. The van der Waals surface area contributed by atoms with E-state index in [1.807, 2.05) is 18.2 Å². The molecule has 1 heterocycles. The van der Waals surface area contributed by atoms with Crippen molar-refractivity contribution in [3.05, 3.63) is 112 Å².